The summed E-state index contributed by atoms with van der Waals surface area (Å²) in [5, 5.41) is 3.46. The molecule has 2 heteroatoms. The summed E-state index contributed by atoms with van der Waals surface area (Å²) >= 11 is 0. The van der Waals surface area contributed by atoms with Gasteiger partial charge in [-0.2, -0.15) is 0 Å². The van der Waals surface area contributed by atoms with E-state index in [0.717, 1.165) is 25.3 Å². The Kier molecular flexibility index (Phi) is 4.99. The summed E-state index contributed by atoms with van der Waals surface area (Å²) in [6, 6.07) is 16.9. The van der Waals surface area contributed by atoms with Crippen molar-refractivity contribution in [1.29, 1.82) is 0 Å². The Morgan fingerprint density at radius 1 is 0.895 bits per heavy atom. The lowest BCUT2D eigenvalue weighted by Gasteiger charge is -2.06. The molecule has 2 aromatic rings. The predicted molar refractivity (Wildman–Crippen MR) is 79.6 cm³/mol. The second-order valence-electron chi connectivity index (χ2n) is 4.76. The molecule has 2 rings (SSSR count). The maximum atomic E-state index is 5.14. The van der Waals surface area contributed by atoms with Crippen LogP contribution in [0.2, 0.25) is 0 Å². The van der Waals surface area contributed by atoms with Gasteiger partial charge in [-0.25, -0.2) is 0 Å². The van der Waals surface area contributed by atoms with Crippen LogP contribution in [0.1, 0.15) is 16.7 Å². The molecule has 1 N–H and O–H groups in total. The number of nitrogens with one attached hydrogen (secondary N) is 1. The second kappa shape index (κ2) is 6.95. The smallest absolute Gasteiger partial charge is 0.118 e. The van der Waals surface area contributed by atoms with Gasteiger partial charge in [-0.05, 0) is 43.1 Å². The molecule has 0 radical (unpaired) electrons. The standard InChI is InChI=1S/C17H21NO/c1-14-3-5-15(6-4-14)11-12-18-13-16-7-9-17(19-2)10-8-16/h3-10,18H,11-13H2,1-2H3. The molecular weight excluding hydrogens is 234 g/mol. The normalized spacial score (nSPS) is 10.4. The number of benzene rings is 2. The zero-order valence-corrected chi connectivity index (χ0v) is 11.6. The molecule has 0 aliphatic heterocycles. The van der Waals surface area contributed by atoms with E-state index in [1.807, 2.05) is 12.1 Å². The maximum absolute atomic E-state index is 5.14. The van der Waals surface area contributed by atoms with Crippen molar-refractivity contribution in [2.24, 2.45) is 0 Å². The van der Waals surface area contributed by atoms with Gasteiger partial charge in [-0.3, -0.25) is 0 Å². The summed E-state index contributed by atoms with van der Waals surface area (Å²) in [7, 11) is 1.69. The van der Waals surface area contributed by atoms with Gasteiger partial charge >= 0.3 is 0 Å². The van der Waals surface area contributed by atoms with Gasteiger partial charge in [0.15, 0.2) is 0 Å². The number of rotatable bonds is 6. The van der Waals surface area contributed by atoms with Gasteiger partial charge in [0.2, 0.25) is 0 Å². The molecule has 0 atom stereocenters. The zero-order chi connectivity index (χ0) is 13.5. The summed E-state index contributed by atoms with van der Waals surface area (Å²) in [6.07, 6.45) is 1.07. The molecule has 0 fully saturated rings. The molecule has 2 aromatic carbocycles. The summed E-state index contributed by atoms with van der Waals surface area (Å²) in [5.41, 5.74) is 3.98. The van der Waals surface area contributed by atoms with Crippen molar-refractivity contribution < 1.29 is 4.74 Å². The quantitative estimate of drug-likeness (QED) is 0.799. The van der Waals surface area contributed by atoms with Crippen LogP contribution in [0.25, 0.3) is 0 Å². The maximum Gasteiger partial charge on any atom is 0.118 e. The van der Waals surface area contributed by atoms with Crippen LogP contribution in [0.15, 0.2) is 48.5 Å². The molecule has 19 heavy (non-hydrogen) atoms. The van der Waals surface area contributed by atoms with Crippen LogP contribution in [0.4, 0.5) is 0 Å². The molecule has 0 amide bonds. The van der Waals surface area contributed by atoms with Gasteiger partial charge in [-0.15, -0.1) is 0 Å². The molecule has 0 saturated heterocycles. The van der Waals surface area contributed by atoms with E-state index in [2.05, 4.69) is 48.6 Å². The predicted octanol–water partition coefficient (Wildman–Crippen LogP) is 3.34. The van der Waals surface area contributed by atoms with Crippen LogP contribution < -0.4 is 10.1 Å². The van der Waals surface area contributed by atoms with Crippen molar-refractivity contribution in [3.05, 3.63) is 65.2 Å². The summed E-state index contributed by atoms with van der Waals surface area (Å²) < 4.78 is 5.14. The zero-order valence-electron chi connectivity index (χ0n) is 11.6. The number of hydrogen-bond acceptors (Lipinski definition) is 2. The van der Waals surface area contributed by atoms with E-state index in [9.17, 15) is 0 Å². The van der Waals surface area contributed by atoms with Crippen LogP contribution >= 0.6 is 0 Å². The van der Waals surface area contributed by atoms with Crippen molar-refractivity contribution in [3.63, 3.8) is 0 Å². The van der Waals surface area contributed by atoms with E-state index < -0.39 is 0 Å². The summed E-state index contributed by atoms with van der Waals surface area (Å²) in [5.74, 6) is 0.906. The first-order valence-corrected chi connectivity index (χ1v) is 6.67. The van der Waals surface area contributed by atoms with E-state index in [4.69, 9.17) is 4.74 Å². The Bertz CT molecular complexity index is 488. The Balaban J connectivity index is 1.72. The molecule has 0 aromatic heterocycles. The Morgan fingerprint density at radius 3 is 2.16 bits per heavy atom. The SMILES string of the molecule is COc1ccc(CNCCc2ccc(C)cc2)cc1. The lowest BCUT2D eigenvalue weighted by Crippen LogP contribution is -2.16. The second-order valence-corrected chi connectivity index (χ2v) is 4.76. The first kappa shape index (κ1) is 13.6. The minimum absolute atomic E-state index is 0.899. The van der Waals surface area contributed by atoms with E-state index in [-0.39, 0.29) is 0 Å². The monoisotopic (exact) mass is 255 g/mol. The summed E-state index contributed by atoms with van der Waals surface area (Å²) in [6.45, 7) is 4.01. The number of hydrogen-bond donors (Lipinski definition) is 1. The molecule has 0 bridgehead atoms. The van der Waals surface area contributed by atoms with Crippen LogP contribution in [-0.4, -0.2) is 13.7 Å². The van der Waals surface area contributed by atoms with Gasteiger partial charge < -0.3 is 10.1 Å². The third-order valence-electron chi connectivity index (χ3n) is 3.20. The fourth-order valence-electron chi connectivity index (χ4n) is 1.96. The van der Waals surface area contributed by atoms with Crippen LogP contribution in [-0.2, 0) is 13.0 Å². The van der Waals surface area contributed by atoms with Gasteiger partial charge in [0.1, 0.15) is 5.75 Å². The molecule has 100 valence electrons. The molecule has 0 heterocycles. The average Bonchev–Trinajstić information content (AvgIpc) is 2.46. The molecule has 0 saturated carbocycles. The molecule has 0 unspecified atom stereocenters. The molecule has 0 aliphatic carbocycles. The van der Waals surface area contributed by atoms with E-state index in [1.54, 1.807) is 7.11 Å². The minimum Gasteiger partial charge on any atom is -0.497 e. The molecule has 0 aliphatic rings. The Labute approximate surface area is 115 Å². The van der Waals surface area contributed by atoms with Gasteiger partial charge in [0, 0.05) is 6.54 Å². The average molecular weight is 255 g/mol. The third kappa shape index (κ3) is 4.42. The highest BCUT2D eigenvalue weighted by atomic mass is 16.5. The fourth-order valence-corrected chi connectivity index (χ4v) is 1.96. The Hall–Kier alpha value is -1.80. The molecule has 0 spiro atoms. The highest BCUT2D eigenvalue weighted by Crippen LogP contribution is 2.11. The van der Waals surface area contributed by atoms with Gasteiger partial charge in [0.05, 0.1) is 7.11 Å². The number of methoxy groups -OCH3 is 1. The Morgan fingerprint density at radius 2 is 1.53 bits per heavy atom. The first-order chi connectivity index (χ1) is 9.28. The lowest BCUT2D eigenvalue weighted by atomic mass is 10.1. The topological polar surface area (TPSA) is 21.3 Å². The molecule has 2 nitrogen and oxygen atoms in total. The van der Waals surface area contributed by atoms with E-state index in [0.29, 0.717) is 0 Å². The minimum atomic E-state index is 0.899. The van der Waals surface area contributed by atoms with E-state index >= 15 is 0 Å². The highest BCUT2D eigenvalue weighted by molar-refractivity contribution is 5.27. The lowest BCUT2D eigenvalue weighted by molar-refractivity contribution is 0.414. The van der Waals surface area contributed by atoms with Crippen LogP contribution in [0.3, 0.4) is 0 Å². The summed E-state index contributed by atoms with van der Waals surface area (Å²) in [4.78, 5) is 0. The first-order valence-electron chi connectivity index (χ1n) is 6.67. The molecular formula is C17H21NO. The number of aryl methyl sites for hydroxylation is 1. The van der Waals surface area contributed by atoms with Crippen molar-refractivity contribution in [2.75, 3.05) is 13.7 Å². The number of ether oxygens (including phenoxy) is 1. The van der Waals surface area contributed by atoms with Crippen molar-refractivity contribution in [3.8, 4) is 5.75 Å². The highest BCUT2D eigenvalue weighted by Gasteiger charge is 1.95. The van der Waals surface area contributed by atoms with E-state index in [1.165, 1.54) is 16.7 Å². The largest absolute Gasteiger partial charge is 0.497 e. The van der Waals surface area contributed by atoms with Crippen LogP contribution in [0, 0.1) is 6.92 Å². The van der Waals surface area contributed by atoms with Crippen molar-refractivity contribution in [2.45, 2.75) is 19.9 Å². The van der Waals surface area contributed by atoms with Gasteiger partial charge in [-0.1, -0.05) is 42.0 Å². The van der Waals surface area contributed by atoms with Crippen LogP contribution in [0.5, 0.6) is 5.75 Å². The van der Waals surface area contributed by atoms with Crippen molar-refractivity contribution in [1.82, 2.24) is 5.32 Å². The third-order valence-corrected chi connectivity index (χ3v) is 3.20. The van der Waals surface area contributed by atoms with Crippen molar-refractivity contribution >= 4 is 0 Å². The van der Waals surface area contributed by atoms with Gasteiger partial charge in [0.25, 0.3) is 0 Å². The fraction of sp³-hybridized carbons (Fsp3) is 0.294.